The average Bonchev–Trinajstić information content (AvgIpc) is 3.35. The second-order valence-corrected chi connectivity index (χ2v) is 5.26. The summed E-state index contributed by atoms with van der Waals surface area (Å²) in [6.45, 7) is 0. The molecule has 1 saturated carbocycles. The van der Waals surface area contributed by atoms with Crippen LogP contribution < -0.4 is 0 Å². The van der Waals surface area contributed by atoms with Crippen molar-refractivity contribution in [3.05, 3.63) is 53.1 Å². The molecule has 0 radical (unpaired) electrons. The van der Waals surface area contributed by atoms with Crippen LogP contribution in [0.1, 0.15) is 24.3 Å². The van der Waals surface area contributed by atoms with E-state index in [1.165, 1.54) is 12.1 Å². The average molecular weight is 323 g/mol. The monoisotopic (exact) mass is 323 g/mol. The highest BCUT2D eigenvalue weighted by atomic mass is 32.1. The third-order valence-corrected chi connectivity index (χ3v) is 3.74. The van der Waals surface area contributed by atoms with Gasteiger partial charge in [-0.2, -0.15) is 4.99 Å². The minimum Gasteiger partial charge on any atom is -0.203 e. The Balaban J connectivity index is 2.15. The molecule has 22 heavy (non-hydrogen) atoms. The van der Waals surface area contributed by atoms with Crippen LogP contribution in [0.3, 0.4) is 0 Å². The molecule has 2 aromatic carbocycles. The fourth-order valence-electron chi connectivity index (χ4n) is 2.36. The molecular formula is C16H9F4NS. The van der Waals surface area contributed by atoms with Crippen LogP contribution in [0, 0.1) is 23.3 Å². The van der Waals surface area contributed by atoms with Crippen molar-refractivity contribution in [2.24, 2.45) is 4.99 Å². The number of thiocarbonyl (C=S) groups is 1. The Hall–Kier alpha value is -2.04. The minimum absolute atomic E-state index is 0.0649. The van der Waals surface area contributed by atoms with Gasteiger partial charge in [-0.25, -0.2) is 17.6 Å². The third-order valence-electron chi connectivity index (χ3n) is 3.65. The number of hydrogen-bond donors (Lipinski definition) is 0. The molecular weight excluding hydrogens is 314 g/mol. The molecule has 1 nitrogen and oxygen atoms in total. The van der Waals surface area contributed by atoms with Gasteiger partial charge in [-0.15, -0.1) is 0 Å². The molecule has 1 aliphatic rings. The fraction of sp³-hybridized carbons (Fsp3) is 0.188. The van der Waals surface area contributed by atoms with Crippen LogP contribution in [0.4, 0.5) is 23.2 Å². The number of hydrogen-bond acceptors (Lipinski definition) is 2. The van der Waals surface area contributed by atoms with Gasteiger partial charge >= 0.3 is 0 Å². The van der Waals surface area contributed by atoms with Crippen LogP contribution in [0.25, 0.3) is 11.1 Å². The van der Waals surface area contributed by atoms with Crippen LogP contribution in [0.5, 0.6) is 0 Å². The summed E-state index contributed by atoms with van der Waals surface area (Å²) in [6.07, 6.45) is 2.16. The van der Waals surface area contributed by atoms with Gasteiger partial charge in [0.1, 0.15) is 0 Å². The Morgan fingerprint density at radius 1 is 0.909 bits per heavy atom. The Kier molecular flexibility index (Phi) is 3.81. The summed E-state index contributed by atoms with van der Waals surface area (Å²) in [5.41, 5.74) is -0.744. The Labute approximate surface area is 129 Å². The lowest BCUT2D eigenvalue weighted by atomic mass is 10.0. The highest BCUT2D eigenvalue weighted by Crippen LogP contribution is 2.41. The standard InChI is InChI=1S/C16H9F4NS/c17-12-11(10-5-3-9(4-6-10)8-1-2-8)13(18)15(20)16(14(12)19)21-7-22/h3-6,8H,1-2H2. The van der Waals surface area contributed by atoms with Crippen LogP contribution in [0.15, 0.2) is 29.3 Å². The van der Waals surface area contributed by atoms with Gasteiger partial charge in [0.25, 0.3) is 0 Å². The Bertz CT molecular complexity index is 762. The lowest BCUT2D eigenvalue weighted by Gasteiger charge is -2.10. The summed E-state index contributed by atoms with van der Waals surface area (Å²) in [4.78, 5) is 3.04. The van der Waals surface area contributed by atoms with Crippen LogP contribution >= 0.6 is 12.2 Å². The van der Waals surface area contributed by atoms with Crippen molar-refractivity contribution in [2.75, 3.05) is 0 Å². The highest BCUT2D eigenvalue weighted by Gasteiger charge is 2.27. The fourth-order valence-corrected chi connectivity index (χ4v) is 2.45. The van der Waals surface area contributed by atoms with E-state index in [0.717, 1.165) is 18.4 Å². The Morgan fingerprint density at radius 3 is 1.91 bits per heavy atom. The largest absolute Gasteiger partial charge is 0.203 e. The smallest absolute Gasteiger partial charge is 0.189 e. The number of nitrogens with zero attached hydrogens (tertiary/aromatic N) is 1. The quantitative estimate of drug-likeness (QED) is 0.313. The number of rotatable bonds is 3. The molecule has 0 aromatic heterocycles. The molecule has 0 saturated heterocycles. The van der Waals surface area contributed by atoms with Gasteiger partial charge in [0, 0.05) is 0 Å². The summed E-state index contributed by atoms with van der Waals surface area (Å²) >= 11 is 4.22. The van der Waals surface area contributed by atoms with Crippen LogP contribution in [0.2, 0.25) is 0 Å². The van der Waals surface area contributed by atoms with E-state index in [0.29, 0.717) is 5.92 Å². The molecule has 0 spiro atoms. The Morgan fingerprint density at radius 2 is 1.45 bits per heavy atom. The van der Waals surface area contributed by atoms with Gasteiger partial charge in [-0.3, -0.25) is 0 Å². The van der Waals surface area contributed by atoms with E-state index in [-0.39, 0.29) is 5.56 Å². The maximum atomic E-state index is 14.1. The second kappa shape index (κ2) is 5.63. The van der Waals surface area contributed by atoms with Crippen molar-refractivity contribution >= 4 is 23.1 Å². The van der Waals surface area contributed by atoms with E-state index in [4.69, 9.17) is 0 Å². The maximum absolute atomic E-state index is 14.1. The van der Waals surface area contributed by atoms with Crippen LogP contribution in [-0.4, -0.2) is 5.16 Å². The predicted octanol–water partition coefficient (Wildman–Crippen LogP) is 5.52. The van der Waals surface area contributed by atoms with E-state index in [1.807, 2.05) is 0 Å². The van der Waals surface area contributed by atoms with Gasteiger partial charge in [0.15, 0.2) is 29.0 Å². The first-order valence-electron chi connectivity index (χ1n) is 6.58. The van der Waals surface area contributed by atoms with E-state index >= 15 is 0 Å². The molecule has 6 heteroatoms. The lowest BCUT2D eigenvalue weighted by molar-refractivity contribution is 0.462. The maximum Gasteiger partial charge on any atom is 0.189 e. The summed E-state index contributed by atoms with van der Waals surface area (Å²) in [6, 6.07) is 6.34. The summed E-state index contributed by atoms with van der Waals surface area (Å²) in [5.74, 6) is -5.70. The van der Waals surface area contributed by atoms with Crippen molar-refractivity contribution in [3.63, 3.8) is 0 Å². The molecule has 112 valence electrons. The molecule has 2 aromatic rings. The van der Waals surface area contributed by atoms with E-state index in [2.05, 4.69) is 17.2 Å². The molecule has 1 fully saturated rings. The van der Waals surface area contributed by atoms with Gasteiger partial charge in [0.2, 0.25) is 0 Å². The van der Waals surface area contributed by atoms with E-state index < -0.39 is 34.5 Å². The normalized spacial score (nSPS) is 13.8. The number of isothiocyanates is 1. The highest BCUT2D eigenvalue weighted by molar-refractivity contribution is 7.78. The predicted molar refractivity (Wildman–Crippen MR) is 78.4 cm³/mol. The zero-order valence-electron chi connectivity index (χ0n) is 11.2. The van der Waals surface area contributed by atoms with Crippen molar-refractivity contribution < 1.29 is 17.6 Å². The summed E-state index contributed by atoms with van der Waals surface area (Å²) in [5, 5.41) is 1.70. The zero-order chi connectivity index (χ0) is 15.9. The molecule has 0 atom stereocenters. The molecule has 0 heterocycles. The molecule has 0 amide bonds. The lowest BCUT2D eigenvalue weighted by Crippen LogP contribution is -2.00. The van der Waals surface area contributed by atoms with Gasteiger partial charge < -0.3 is 0 Å². The molecule has 0 bridgehead atoms. The molecule has 0 aliphatic heterocycles. The first-order chi connectivity index (χ1) is 10.5. The summed E-state index contributed by atoms with van der Waals surface area (Å²) < 4.78 is 55.8. The van der Waals surface area contributed by atoms with Gasteiger partial charge in [-0.05, 0) is 42.1 Å². The number of aliphatic imine (C=N–C) groups is 1. The summed E-state index contributed by atoms with van der Waals surface area (Å²) in [7, 11) is 0. The number of benzene rings is 2. The van der Waals surface area contributed by atoms with Crippen molar-refractivity contribution in [1.82, 2.24) is 0 Å². The molecule has 0 unspecified atom stereocenters. The van der Waals surface area contributed by atoms with Gasteiger partial charge in [-0.1, -0.05) is 24.3 Å². The minimum atomic E-state index is -1.59. The second-order valence-electron chi connectivity index (χ2n) is 5.08. The van der Waals surface area contributed by atoms with Crippen molar-refractivity contribution in [3.8, 4) is 11.1 Å². The SMILES string of the molecule is Fc1c(F)c(-c2ccc(C3CC3)cc2)c(F)c(F)c1N=C=S. The topological polar surface area (TPSA) is 12.4 Å². The first kappa shape index (κ1) is 14.9. The van der Waals surface area contributed by atoms with Crippen LogP contribution in [-0.2, 0) is 0 Å². The molecule has 0 N–H and O–H groups in total. The van der Waals surface area contributed by atoms with E-state index in [9.17, 15) is 17.6 Å². The zero-order valence-corrected chi connectivity index (χ0v) is 12.0. The number of halogens is 4. The molecule has 1 aliphatic carbocycles. The van der Waals surface area contributed by atoms with Gasteiger partial charge in [0.05, 0.1) is 10.7 Å². The third kappa shape index (κ3) is 2.45. The molecule has 3 rings (SSSR count). The van der Waals surface area contributed by atoms with Crippen molar-refractivity contribution in [1.29, 1.82) is 0 Å². The first-order valence-corrected chi connectivity index (χ1v) is 6.99. The van der Waals surface area contributed by atoms with Crippen molar-refractivity contribution in [2.45, 2.75) is 18.8 Å². The van der Waals surface area contributed by atoms with E-state index in [1.54, 1.807) is 17.3 Å².